The van der Waals surface area contributed by atoms with Crippen LogP contribution in [0, 0.1) is 0 Å². The van der Waals surface area contributed by atoms with Gasteiger partial charge in [-0.15, -0.1) is 10.2 Å². The quantitative estimate of drug-likeness (QED) is 0.615. The topological polar surface area (TPSA) is 35.0 Å². The van der Waals surface area contributed by atoms with Gasteiger partial charge < -0.3 is 4.74 Å². The zero-order valence-electron chi connectivity index (χ0n) is 6.38. The SMILES string of the molecule is C=C1CCOc2cc(Cl)nnc21. The second-order valence-electron chi connectivity index (χ2n) is 2.58. The van der Waals surface area contributed by atoms with E-state index in [4.69, 9.17) is 16.3 Å². The van der Waals surface area contributed by atoms with E-state index in [0.29, 0.717) is 17.5 Å². The van der Waals surface area contributed by atoms with Crippen LogP contribution in [0.2, 0.25) is 5.15 Å². The molecule has 2 heterocycles. The first kappa shape index (κ1) is 7.55. The fraction of sp³-hybridized carbons (Fsp3) is 0.250. The number of rotatable bonds is 0. The Labute approximate surface area is 75.0 Å². The summed E-state index contributed by atoms with van der Waals surface area (Å²) >= 11 is 5.64. The van der Waals surface area contributed by atoms with E-state index in [0.717, 1.165) is 17.7 Å². The zero-order chi connectivity index (χ0) is 8.55. The maximum absolute atomic E-state index is 5.64. The lowest BCUT2D eigenvalue weighted by Gasteiger charge is -2.16. The standard InChI is InChI=1S/C8H7ClN2O/c1-5-2-3-12-6-4-7(9)10-11-8(5)6/h4H,1-3H2. The van der Waals surface area contributed by atoms with Gasteiger partial charge in [0.05, 0.1) is 6.61 Å². The molecule has 1 aliphatic heterocycles. The lowest BCUT2D eigenvalue weighted by atomic mass is 10.1. The van der Waals surface area contributed by atoms with Crippen molar-refractivity contribution >= 4 is 17.2 Å². The Morgan fingerprint density at radius 3 is 3.17 bits per heavy atom. The van der Waals surface area contributed by atoms with E-state index in [2.05, 4.69) is 16.8 Å². The van der Waals surface area contributed by atoms with Gasteiger partial charge in [0.1, 0.15) is 11.4 Å². The number of aromatic nitrogens is 2. The highest BCUT2D eigenvalue weighted by atomic mass is 35.5. The third-order valence-electron chi connectivity index (χ3n) is 1.73. The van der Waals surface area contributed by atoms with Crippen molar-refractivity contribution in [2.24, 2.45) is 0 Å². The zero-order valence-corrected chi connectivity index (χ0v) is 7.14. The van der Waals surface area contributed by atoms with Gasteiger partial charge in [-0.05, 0) is 5.57 Å². The molecule has 0 fully saturated rings. The molecule has 0 aromatic carbocycles. The summed E-state index contributed by atoms with van der Waals surface area (Å²) in [6.07, 6.45) is 0.809. The Balaban J connectivity index is 2.53. The molecule has 0 atom stereocenters. The second kappa shape index (κ2) is 2.75. The number of hydrogen-bond acceptors (Lipinski definition) is 3. The van der Waals surface area contributed by atoms with Crippen LogP contribution in [0.4, 0.5) is 0 Å². The molecule has 1 aromatic rings. The van der Waals surface area contributed by atoms with E-state index in [1.807, 2.05) is 0 Å². The van der Waals surface area contributed by atoms with Gasteiger partial charge in [0.2, 0.25) is 0 Å². The van der Waals surface area contributed by atoms with E-state index >= 15 is 0 Å². The molecule has 0 saturated carbocycles. The lowest BCUT2D eigenvalue weighted by Crippen LogP contribution is -2.09. The minimum absolute atomic E-state index is 0.350. The van der Waals surface area contributed by atoms with Gasteiger partial charge in [0, 0.05) is 12.5 Å². The highest BCUT2D eigenvalue weighted by Crippen LogP contribution is 2.30. The van der Waals surface area contributed by atoms with Gasteiger partial charge in [0.25, 0.3) is 0 Å². The third kappa shape index (κ3) is 1.16. The Kier molecular flexibility index (Phi) is 1.73. The molecule has 62 valence electrons. The Morgan fingerprint density at radius 1 is 1.50 bits per heavy atom. The average molecular weight is 183 g/mol. The van der Waals surface area contributed by atoms with Crippen LogP contribution in [0.5, 0.6) is 5.75 Å². The summed E-state index contributed by atoms with van der Waals surface area (Å²) in [6, 6.07) is 1.66. The summed E-state index contributed by atoms with van der Waals surface area (Å²) in [5.41, 5.74) is 1.69. The summed E-state index contributed by atoms with van der Waals surface area (Å²) < 4.78 is 5.33. The molecule has 0 saturated heterocycles. The van der Waals surface area contributed by atoms with Crippen LogP contribution in [-0.2, 0) is 0 Å². The fourth-order valence-electron chi connectivity index (χ4n) is 1.11. The molecule has 0 aliphatic carbocycles. The molecular formula is C8H7ClN2O. The monoisotopic (exact) mass is 182 g/mol. The van der Waals surface area contributed by atoms with Crippen molar-refractivity contribution < 1.29 is 4.74 Å². The van der Waals surface area contributed by atoms with Crippen LogP contribution in [0.1, 0.15) is 12.1 Å². The van der Waals surface area contributed by atoms with Crippen LogP contribution >= 0.6 is 11.6 Å². The van der Waals surface area contributed by atoms with Gasteiger partial charge in [-0.25, -0.2) is 0 Å². The fourth-order valence-corrected chi connectivity index (χ4v) is 1.25. The summed E-state index contributed by atoms with van der Waals surface area (Å²) in [4.78, 5) is 0. The largest absolute Gasteiger partial charge is 0.491 e. The van der Waals surface area contributed by atoms with E-state index in [1.165, 1.54) is 0 Å². The third-order valence-corrected chi connectivity index (χ3v) is 1.91. The van der Waals surface area contributed by atoms with Gasteiger partial charge in [-0.3, -0.25) is 0 Å². The summed E-state index contributed by atoms with van der Waals surface area (Å²) in [5.74, 6) is 0.686. The molecule has 0 amide bonds. The number of ether oxygens (including phenoxy) is 1. The first-order chi connectivity index (χ1) is 5.77. The van der Waals surface area contributed by atoms with Crippen LogP contribution < -0.4 is 4.74 Å². The summed E-state index contributed by atoms with van der Waals surface area (Å²) in [5, 5.41) is 7.96. The van der Waals surface area contributed by atoms with Crippen molar-refractivity contribution in [1.29, 1.82) is 0 Å². The molecule has 0 bridgehead atoms. The summed E-state index contributed by atoms with van der Waals surface area (Å²) in [7, 11) is 0. The van der Waals surface area contributed by atoms with Crippen molar-refractivity contribution in [2.45, 2.75) is 6.42 Å². The number of halogens is 1. The van der Waals surface area contributed by atoms with Crippen LogP contribution in [0.15, 0.2) is 12.6 Å². The Hall–Kier alpha value is -1.09. The molecular weight excluding hydrogens is 176 g/mol. The molecule has 1 aliphatic rings. The Bertz CT molecular complexity index is 338. The van der Waals surface area contributed by atoms with Crippen molar-refractivity contribution in [2.75, 3.05) is 6.61 Å². The molecule has 0 radical (unpaired) electrons. The molecule has 0 spiro atoms. The van der Waals surface area contributed by atoms with Crippen molar-refractivity contribution in [1.82, 2.24) is 10.2 Å². The van der Waals surface area contributed by atoms with Crippen molar-refractivity contribution in [3.63, 3.8) is 0 Å². The van der Waals surface area contributed by atoms with Gasteiger partial charge in [-0.1, -0.05) is 18.2 Å². The van der Waals surface area contributed by atoms with Crippen LogP contribution in [-0.4, -0.2) is 16.8 Å². The molecule has 12 heavy (non-hydrogen) atoms. The van der Waals surface area contributed by atoms with E-state index in [-0.39, 0.29) is 0 Å². The van der Waals surface area contributed by atoms with Gasteiger partial charge in [0.15, 0.2) is 5.15 Å². The number of fused-ring (bicyclic) bond motifs is 1. The second-order valence-corrected chi connectivity index (χ2v) is 2.97. The summed E-state index contributed by atoms with van der Waals surface area (Å²) in [6.45, 7) is 4.51. The van der Waals surface area contributed by atoms with Crippen molar-refractivity contribution in [3.8, 4) is 5.75 Å². The van der Waals surface area contributed by atoms with E-state index in [1.54, 1.807) is 6.07 Å². The molecule has 2 rings (SSSR count). The predicted molar refractivity (Wildman–Crippen MR) is 46.2 cm³/mol. The number of hydrogen-bond donors (Lipinski definition) is 0. The highest BCUT2D eigenvalue weighted by molar-refractivity contribution is 6.29. The van der Waals surface area contributed by atoms with Gasteiger partial charge >= 0.3 is 0 Å². The number of nitrogens with zero attached hydrogens (tertiary/aromatic N) is 2. The predicted octanol–water partition coefficient (Wildman–Crippen LogP) is 1.93. The first-order valence-electron chi connectivity index (χ1n) is 3.61. The highest BCUT2D eigenvalue weighted by Gasteiger charge is 2.15. The van der Waals surface area contributed by atoms with E-state index < -0.39 is 0 Å². The lowest BCUT2D eigenvalue weighted by molar-refractivity contribution is 0.313. The minimum Gasteiger partial charge on any atom is -0.491 e. The molecule has 1 aromatic heterocycles. The average Bonchev–Trinajstić information content (AvgIpc) is 2.04. The van der Waals surface area contributed by atoms with Crippen LogP contribution in [0.25, 0.3) is 5.57 Å². The van der Waals surface area contributed by atoms with E-state index in [9.17, 15) is 0 Å². The smallest absolute Gasteiger partial charge is 0.155 e. The minimum atomic E-state index is 0.350. The first-order valence-corrected chi connectivity index (χ1v) is 3.99. The maximum atomic E-state index is 5.64. The molecule has 3 nitrogen and oxygen atoms in total. The Morgan fingerprint density at radius 2 is 2.33 bits per heavy atom. The maximum Gasteiger partial charge on any atom is 0.155 e. The normalized spacial score (nSPS) is 15.2. The molecule has 4 heteroatoms. The van der Waals surface area contributed by atoms with Gasteiger partial charge in [-0.2, -0.15) is 0 Å². The van der Waals surface area contributed by atoms with Crippen molar-refractivity contribution in [3.05, 3.63) is 23.5 Å². The van der Waals surface area contributed by atoms with Crippen LogP contribution in [0.3, 0.4) is 0 Å². The molecule has 0 unspecified atom stereocenters. The molecule has 0 N–H and O–H groups in total.